The highest BCUT2D eigenvalue weighted by molar-refractivity contribution is 7.26. The Morgan fingerprint density at radius 2 is 0.719 bits per heavy atom. The van der Waals surface area contributed by atoms with Gasteiger partial charge in [0.1, 0.15) is 0 Å². The monoisotopic (exact) mass is 1170 g/mol. The lowest BCUT2D eigenvalue weighted by molar-refractivity contribution is 1.17. The Hall–Kier alpha value is -11.2. The zero-order chi connectivity index (χ0) is 58.9. The van der Waals surface area contributed by atoms with Gasteiger partial charge in [-0.2, -0.15) is 0 Å². The highest BCUT2D eigenvalue weighted by Gasteiger charge is 2.22. The van der Waals surface area contributed by atoms with E-state index < -0.39 is 0 Å². The second-order valence-electron chi connectivity index (χ2n) is 22.5. The van der Waals surface area contributed by atoms with Crippen molar-refractivity contribution in [3.05, 3.63) is 303 Å². The molecule has 6 aromatic heterocycles. The van der Waals surface area contributed by atoms with Gasteiger partial charge >= 0.3 is 0 Å². The Labute approximate surface area is 521 Å². The standard InChI is InChI=1S/C41H27N3S.C40H25N3S/c1-26-21-23-28(24-22-26)44-36-18-7-5-14-33(36)39-31(16-10-19-37(39)44)34-25-35(43-41(42-34)27-11-3-2-4-12-27)32-17-9-15-30-29-13-6-8-20-38(29)45-40(30)32;1-3-12-26(13-4-1)34-25-35(42-40(41-34)33-19-11-18-32-31-17-8-10-21-38(31)44-39(32)33)27-22-23-30-29-16-7-9-20-36(29)43(37(30)24-27)28-14-5-2-6-15-28/h2-25H,1H3;1-25H. The Kier molecular flexibility index (Phi) is 12.7. The van der Waals surface area contributed by atoms with Crippen LogP contribution in [0.25, 0.3) is 163 Å². The summed E-state index contributed by atoms with van der Waals surface area (Å²) in [4.78, 5) is 20.9. The van der Waals surface area contributed by atoms with Crippen molar-refractivity contribution in [1.29, 1.82) is 0 Å². The Bertz CT molecular complexity index is 5750. The van der Waals surface area contributed by atoms with E-state index in [4.69, 9.17) is 19.9 Å². The summed E-state index contributed by atoms with van der Waals surface area (Å²) in [7, 11) is 0. The van der Waals surface area contributed by atoms with Gasteiger partial charge in [0.15, 0.2) is 11.6 Å². The second kappa shape index (κ2) is 21.7. The van der Waals surface area contributed by atoms with E-state index in [9.17, 15) is 0 Å². The third kappa shape index (κ3) is 9.07. The van der Waals surface area contributed by atoms with Gasteiger partial charge in [-0.3, -0.25) is 0 Å². The first kappa shape index (κ1) is 52.2. The predicted molar refractivity (Wildman–Crippen MR) is 376 cm³/mol. The van der Waals surface area contributed by atoms with Gasteiger partial charge in [-0.25, -0.2) is 19.9 Å². The van der Waals surface area contributed by atoms with E-state index in [0.717, 1.165) is 90.2 Å². The summed E-state index contributed by atoms with van der Waals surface area (Å²) in [6.45, 7) is 2.13. The van der Waals surface area contributed by atoms with Gasteiger partial charge in [0.2, 0.25) is 0 Å². The number of para-hydroxylation sites is 3. The molecule has 0 fully saturated rings. The molecule has 6 heterocycles. The lowest BCUT2D eigenvalue weighted by Crippen LogP contribution is -1.97. The molecule has 0 aliphatic heterocycles. The Balaban J connectivity index is 0.000000138. The Morgan fingerprint density at radius 3 is 1.40 bits per heavy atom. The number of hydrogen-bond donors (Lipinski definition) is 0. The molecule has 0 unspecified atom stereocenters. The maximum atomic E-state index is 5.27. The molecular formula is C81H52N6S2. The van der Waals surface area contributed by atoms with Crippen molar-refractivity contribution in [3.63, 3.8) is 0 Å². The second-order valence-corrected chi connectivity index (χ2v) is 24.6. The zero-order valence-corrected chi connectivity index (χ0v) is 49.9. The SMILES string of the molecule is Cc1ccc(-n2c3ccccc3c3c(-c4cc(-c5cccc6c5sc5ccccc56)nc(-c5ccccc5)n4)cccc32)cc1.c1ccc(-c2cc(-c3ccc4c5ccccc5n(-c5ccccc5)c4c3)nc(-c3cccc4c3sc3ccccc34)n2)cc1. The lowest BCUT2D eigenvalue weighted by Gasteiger charge is -2.12. The molecule has 0 bridgehead atoms. The number of benzene rings is 12. The summed E-state index contributed by atoms with van der Waals surface area (Å²) in [5, 5.41) is 9.92. The van der Waals surface area contributed by atoms with E-state index in [2.05, 4.69) is 289 Å². The highest BCUT2D eigenvalue weighted by Crippen LogP contribution is 2.45. The van der Waals surface area contributed by atoms with Crippen LogP contribution in [-0.2, 0) is 0 Å². The van der Waals surface area contributed by atoms with Crippen molar-refractivity contribution < 1.29 is 0 Å². The third-order valence-corrected chi connectivity index (χ3v) is 19.6. The number of aryl methyl sites for hydroxylation is 1. The average Bonchev–Trinajstić information content (AvgIpc) is 1.82. The van der Waals surface area contributed by atoms with Crippen molar-refractivity contribution in [3.8, 4) is 79.2 Å². The van der Waals surface area contributed by atoms with E-state index in [1.54, 1.807) is 11.3 Å². The van der Waals surface area contributed by atoms with E-state index >= 15 is 0 Å². The number of hydrogen-bond acceptors (Lipinski definition) is 6. The summed E-state index contributed by atoms with van der Waals surface area (Å²) >= 11 is 3.64. The van der Waals surface area contributed by atoms with Crippen molar-refractivity contribution in [2.24, 2.45) is 0 Å². The van der Waals surface area contributed by atoms with Crippen LogP contribution in [-0.4, -0.2) is 29.1 Å². The number of fused-ring (bicyclic) bond motifs is 12. The van der Waals surface area contributed by atoms with Crippen molar-refractivity contribution in [2.45, 2.75) is 6.92 Å². The molecule has 12 aromatic carbocycles. The van der Waals surface area contributed by atoms with Crippen LogP contribution in [0.5, 0.6) is 0 Å². The topological polar surface area (TPSA) is 61.4 Å². The molecule has 418 valence electrons. The summed E-state index contributed by atoms with van der Waals surface area (Å²) in [5.74, 6) is 1.46. The van der Waals surface area contributed by atoms with Crippen molar-refractivity contribution >= 4 is 107 Å². The molecule has 0 atom stereocenters. The van der Waals surface area contributed by atoms with Crippen molar-refractivity contribution in [1.82, 2.24) is 29.1 Å². The zero-order valence-electron chi connectivity index (χ0n) is 48.3. The van der Waals surface area contributed by atoms with E-state index in [1.165, 1.54) is 78.5 Å². The van der Waals surface area contributed by atoms with Crippen molar-refractivity contribution in [2.75, 3.05) is 0 Å². The van der Waals surface area contributed by atoms with E-state index in [0.29, 0.717) is 0 Å². The van der Waals surface area contributed by atoms with Crippen LogP contribution in [0.3, 0.4) is 0 Å². The lowest BCUT2D eigenvalue weighted by atomic mass is 10.0. The van der Waals surface area contributed by atoms with Crippen LogP contribution in [0, 0.1) is 6.92 Å². The Morgan fingerprint density at radius 1 is 0.270 bits per heavy atom. The first-order chi connectivity index (χ1) is 44.0. The van der Waals surface area contributed by atoms with Gasteiger partial charge in [0, 0.05) is 107 Å². The molecule has 0 spiro atoms. The highest BCUT2D eigenvalue weighted by atomic mass is 32.1. The molecule has 0 saturated carbocycles. The maximum Gasteiger partial charge on any atom is 0.161 e. The quantitative estimate of drug-likeness (QED) is 0.152. The number of nitrogens with zero attached hydrogens (tertiary/aromatic N) is 6. The van der Waals surface area contributed by atoms with Crippen LogP contribution < -0.4 is 0 Å². The van der Waals surface area contributed by atoms with Crippen LogP contribution in [0.15, 0.2) is 297 Å². The van der Waals surface area contributed by atoms with E-state index in [-0.39, 0.29) is 0 Å². The molecule has 18 rings (SSSR count). The maximum absolute atomic E-state index is 5.27. The summed E-state index contributed by atoms with van der Waals surface area (Å²) < 4.78 is 9.73. The van der Waals surface area contributed by atoms with E-state index in [1.807, 2.05) is 35.6 Å². The molecule has 8 heteroatoms. The van der Waals surface area contributed by atoms with Gasteiger partial charge in [0.25, 0.3) is 0 Å². The van der Waals surface area contributed by atoms with Gasteiger partial charge in [-0.1, -0.05) is 224 Å². The molecule has 0 radical (unpaired) electrons. The molecular weight excluding hydrogens is 1120 g/mol. The minimum absolute atomic E-state index is 0.723. The summed E-state index contributed by atoms with van der Waals surface area (Å²) in [6.07, 6.45) is 0. The minimum Gasteiger partial charge on any atom is -0.309 e. The third-order valence-electron chi connectivity index (χ3n) is 17.1. The molecule has 0 aliphatic carbocycles. The molecule has 0 amide bonds. The fraction of sp³-hybridized carbons (Fsp3) is 0.0123. The summed E-state index contributed by atoms with van der Waals surface area (Å²) in [6, 6.07) is 105. The summed E-state index contributed by atoms with van der Waals surface area (Å²) in [5.41, 5.74) is 18.3. The van der Waals surface area contributed by atoms with Gasteiger partial charge in [0.05, 0.1) is 44.8 Å². The number of rotatable bonds is 8. The van der Waals surface area contributed by atoms with Crippen LogP contribution >= 0.6 is 22.7 Å². The van der Waals surface area contributed by atoms with Crippen LogP contribution in [0.2, 0.25) is 0 Å². The van der Waals surface area contributed by atoms with Gasteiger partial charge in [-0.15, -0.1) is 22.7 Å². The molecule has 0 aliphatic rings. The minimum atomic E-state index is 0.723. The average molecular weight is 1170 g/mol. The smallest absolute Gasteiger partial charge is 0.161 e. The number of thiophene rings is 2. The first-order valence-corrected chi connectivity index (χ1v) is 31.6. The molecule has 6 nitrogen and oxygen atoms in total. The largest absolute Gasteiger partial charge is 0.309 e. The first-order valence-electron chi connectivity index (χ1n) is 29.9. The molecule has 0 N–H and O–H groups in total. The number of aromatic nitrogens is 6. The molecule has 89 heavy (non-hydrogen) atoms. The molecule has 18 aromatic rings. The fourth-order valence-electron chi connectivity index (χ4n) is 13.0. The predicted octanol–water partition coefficient (Wildman–Crippen LogP) is 22.2. The van der Waals surface area contributed by atoms with Gasteiger partial charge < -0.3 is 9.13 Å². The normalized spacial score (nSPS) is 11.7. The van der Waals surface area contributed by atoms with Crippen LogP contribution in [0.4, 0.5) is 0 Å². The molecule has 0 saturated heterocycles. The fourth-order valence-corrected chi connectivity index (χ4v) is 15.4. The van der Waals surface area contributed by atoms with Crippen LogP contribution in [0.1, 0.15) is 5.56 Å². The van der Waals surface area contributed by atoms with Gasteiger partial charge in [-0.05, 0) is 85.8 Å².